The number of carbonyl (C=O) groups excluding carboxylic acids is 1. The third kappa shape index (κ3) is 3.38. The van der Waals surface area contributed by atoms with Gasteiger partial charge in [-0.15, -0.1) is 0 Å². The maximum atomic E-state index is 11.6. The maximum Gasteiger partial charge on any atom is 0.242 e. The van der Waals surface area contributed by atoms with Gasteiger partial charge in [0.15, 0.2) is 0 Å². The number of amides is 1. The van der Waals surface area contributed by atoms with Crippen LogP contribution in [0.2, 0.25) is 0 Å². The maximum absolute atomic E-state index is 11.6. The lowest BCUT2D eigenvalue weighted by atomic mass is 10.1. The van der Waals surface area contributed by atoms with E-state index in [0.717, 1.165) is 24.3 Å². The van der Waals surface area contributed by atoms with Crippen molar-refractivity contribution in [1.29, 1.82) is 0 Å². The zero-order valence-corrected chi connectivity index (χ0v) is 11.3. The highest BCUT2D eigenvalue weighted by molar-refractivity contribution is 5.83. The predicted molar refractivity (Wildman–Crippen MR) is 73.2 cm³/mol. The third-order valence-corrected chi connectivity index (χ3v) is 3.36. The molecule has 0 spiro atoms. The number of primary amides is 1. The Kier molecular flexibility index (Phi) is 4.27. The smallest absolute Gasteiger partial charge is 0.242 e. The van der Waals surface area contributed by atoms with Crippen LogP contribution in [-0.4, -0.2) is 31.3 Å². The molecule has 0 aromatic heterocycles. The number of ether oxygens (including phenoxy) is 2. The van der Waals surface area contributed by atoms with E-state index < -0.39 is 11.9 Å². The molecule has 0 radical (unpaired) electrons. The predicted octanol–water partition coefficient (Wildman–Crippen LogP) is 1.53. The first-order valence-corrected chi connectivity index (χ1v) is 6.45. The molecule has 1 aromatic carbocycles. The molecule has 1 saturated heterocycles. The van der Waals surface area contributed by atoms with Crippen molar-refractivity contribution >= 4 is 11.6 Å². The fourth-order valence-electron chi connectivity index (χ4n) is 2.29. The van der Waals surface area contributed by atoms with Crippen molar-refractivity contribution in [3.05, 3.63) is 24.3 Å². The minimum atomic E-state index is -0.502. The SMILES string of the molecule is COc1ccc(NC(C(N)=O)C2CCC(C)O2)cc1. The third-order valence-electron chi connectivity index (χ3n) is 3.36. The van der Waals surface area contributed by atoms with Gasteiger partial charge >= 0.3 is 0 Å². The van der Waals surface area contributed by atoms with Gasteiger partial charge in [0.1, 0.15) is 11.8 Å². The van der Waals surface area contributed by atoms with Gasteiger partial charge in [-0.1, -0.05) is 0 Å². The van der Waals surface area contributed by atoms with E-state index in [-0.39, 0.29) is 12.2 Å². The summed E-state index contributed by atoms with van der Waals surface area (Å²) in [7, 11) is 1.61. The molecule has 1 fully saturated rings. The van der Waals surface area contributed by atoms with E-state index in [1.54, 1.807) is 7.11 Å². The standard InChI is InChI=1S/C14H20N2O3/c1-9-3-8-12(19-9)13(14(15)17)16-10-4-6-11(18-2)7-5-10/h4-7,9,12-13,16H,3,8H2,1-2H3,(H2,15,17). The Morgan fingerprint density at radius 3 is 2.58 bits per heavy atom. The number of anilines is 1. The lowest BCUT2D eigenvalue weighted by Crippen LogP contribution is -2.44. The van der Waals surface area contributed by atoms with Crippen LogP contribution in [0, 0.1) is 0 Å². The van der Waals surface area contributed by atoms with Crippen molar-refractivity contribution in [1.82, 2.24) is 0 Å². The minimum absolute atomic E-state index is 0.158. The highest BCUT2D eigenvalue weighted by Gasteiger charge is 2.33. The van der Waals surface area contributed by atoms with E-state index in [0.29, 0.717) is 0 Å². The second-order valence-corrected chi connectivity index (χ2v) is 4.82. The molecular formula is C14H20N2O3. The Balaban J connectivity index is 2.05. The lowest BCUT2D eigenvalue weighted by Gasteiger charge is -2.23. The first kappa shape index (κ1) is 13.7. The molecule has 1 aliphatic heterocycles. The molecule has 3 N–H and O–H groups in total. The highest BCUT2D eigenvalue weighted by atomic mass is 16.5. The Morgan fingerprint density at radius 2 is 2.11 bits per heavy atom. The van der Waals surface area contributed by atoms with E-state index in [1.807, 2.05) is 31.2 Å². The summed E-state index contributed by atoms with van der Waals surface area (Å²) in [6.45, 7) is 2.01. The minimum Gasteiger partial charge on any atom is -0.497 e. The Bertz CT molecular complexity index is 433. The summed E-state index contributed by atoms with van der Waals surface area (Å²) in [5.74, 6) is 0.377. The van der Waals surface area contributed by atoms with Gasteiger partial charge in [0.2, 0.25) is 5.91 Å². The van der Waals surface area contributed by atoms with E-state index >= 15 is 0 Å². The molecular weight excluding hydrogens is 244 g/mol. The second-order valence-electron chi connectivity index (χ2n) is 4.82. The molecule has 1 aliphatic rings. The van der Waals surface area contributed by atoms with Gasteiger partial charge in [-0.3, -0.25) is 4.79 Å². The number of carbonyl (C=O) groups is 1. The van der Waals surface area contributed by atoms with Gasteiger partial charge < -0.3 is 20.5 Å². The van der Waals surface area contributed by atoms with Gasteiger partial charge in [0.25, 0.3) is 0 Å². The second kappa shape index (κ2) is 5.93. The molecule has 5 heteroatoms. The van der Waals surface area contributed by atoms with Gasteiger partial charge in [-0.05, 0) is 44.0 Å². The molecule has 0 aliphatic carbocycles. The van der Waals surface area contributed by atoms with Crippen LogP contribution < -0.4 is 15.8 Å². The molecule has 1 heterocycles. The van der Waals surface area contributed by atoms with Crippen molar-refractivity contribution in [2.24, 2.45) is 5.73 Å². The summed E-state index contributed by atoms with van der Waals surface area (Å²) >= 11 is 0. The fourth-order valence-corrected chi connectivity index (χ4v) is 2.29. The Morgan fingerprint density at radius 1 is 1.42 bits per heavy atom. The number of hydrogen-bond acceptors (Lipinski definition) is 4. The van der Waals surface area contributed by atoms with Crippen molar-refractivity contribution in [2.75, 3.05) is 12.4 Å². The van der Waals surface area contributed by atoms with E-state index in [1.165, 1.54) is 0 Å². The van der Waals surface area contributed by atoms with Crippen molar-refractivity contribution in [3.63, 3.8) is 0 Å². The molecule has 3 atom stereocenters. The van der Waals surface area contributed by atoms with Crippen LogP contribution in [0.3, 0.4) is 0 Å². The van der Waals surface area contributed by atoms with Gasteiger partial charge in [-0.2, -0.15) is 0 Å². The first-order valence-electron chi connectivity index (χ1n) is 6.45. The van der Waals surface area contributed by atoms with Crippen LogP contribution in [0.1, 0.15) is 19.8 Å². The van der Waals surface area contributed by atoms with Crippen LogP contribution in [0.4, 0.5) is 5.69 Å². The molecule has 0 saturated carbocycles. The molecule has 2 rings (SSSR count). The Labute approximate surface area is 113 Å². The number of hydrogen-bond donors (Lipinski definition) is 2. The molecule has 19 heavy (non-hydrogen) atoms. The molecule has 104 valence electrons. The van der Waals surface area contributed by atoms with Crippen LogP contribution in [-0.2, 0) is 9.53 Å². The van der Waals surface area contributed by atoms with Gasteiger partial charge in [0, 0.05) is 5.69 Å². The van der Waals surface area contributed by atoms with Crippen molar-refractivity contribution in [2.45, 2.75) is 38.0 Å². The number of nitrogens with two attached hydrogens (primary N) is 1. The van der Waals surface area contributed by atoms with E-state index in [9.17, 15) is 4.79 Å². The topological polar surface area (TPSA) is 73.6 Å². The van der Waals surface area contributed by atoms with Crippen molar-refractivity contribution < 1.29 is 14.3 Å². The zero-order valence-electron chi connectivity index (χ0n) is 11.3. The number of rotatable bonds is 5. The van der Waals surface area contributed by atoms with Crippen molar-refractivity contribution in [3.8, 4) is 5.75 Å². The zero-order chi connectivity index (χ0) is 13.8. The molecule has 1 aromatic rings. The van der Waals surface area contributed by atoms with Gasteiger partial charge in [0.05, 0.1) is 19.3 Å². The Hall–Kier alpha value is -1.75. The molecule has 3 unspecified atom stereocenters. The quantitative estimate of drug-likeness (QED) is 0.845. The molecule has 1 amide bonds. The fraction of sp³-hybridized carbons (Fsp3) is 0.500. The summed E-state index contributed by atoms with van der Waals surface area (Å²) in [6, 6.07) is 6.87. The largest absolute Gasteiger partial charge is 0.497 e. The first-order chi connectivity index (χ1) is 9.10. The molecule has 0 bridgehead atoms. The highest BCUT2D eigenvalue weighted by Crippen LogP contribution is 2.24. The summed E-state index contributed by atoms with van der Waals surface area (Å²) < 4.78 is 10.8. The van der Waals surface area contributed by atoms with Crippen LogP contribution >= 0.6 is 0 Å². The van der Waals surface area contributed by atoms with Crippen LogP contribution in [0.15, 0.2) is 24.3 Å². The van der Waals surface area contributed by atoms with E-state index in [4.69, 9.17) is 15.2 Å². The lowest BCUT2D eigenvalue weighted by molar-refractivity contribution is -0.121. The summed E-state index contributed by atoms with van der Waals surface area (Å²) in [4.78, 5) is 11.6. The monoisotopic (exact) mass is 264 g/mol. The van der Waals surface area contributed by atoms with Gasteiger partial charge in [-0.25, -0.2) is 0 Å². The summed E-state index contributed by atoms with van der Waals surface area (Å²) in [5.41, 5.74) is 6.29. The number of nitrogens with one attached hydrogen (secondary N) is 1. The van der Waals surface area contributed by atoms with E-state index in [2.05, 4.69) is 5.32 Å². The van der Waals surface area contributed by atoms with Crippen LogP contribution in [0.5, 0.6) is 5.75 Å². The summed E-state index contributed by atoms with van der Waals surface area (Å²) in [5, 5.41) is 3.14. The number of benzene rings is 1. The normalized spacial score (nSPS) is 23.9. The number of methoxy groups -OCH3 is 1. The van der Waals surface area contributed by atoms with Crippen LogP contribution in [0.25, 0.3) is 0 Å². The molecule has 5 nitrogen and oxygen atoms in total. The average Bonchev–Trinajstić information content (AvgIpc) is 2.82. The summed E-state index contributed by atoms with van der Waals surface area (Å²) in [6.07, 6.45) is 1.83. The average molecular weight is 264 g/mol.